The molecule has 0 aromatic heterocycles. The quantitative estimate of drug-likeness (QED) is 0.852. The lowest BCUT2D eigenvalue weighted by Gasteiger charge is -2.31. The van der Waals surface area contributed by atoms with Gasteiger partial charge in [0.2, 0.25) is 5.91 Å². The molecule has 1 aromatic rings. The maximum Gasteiger partial charge on any atom is 0.223 e. The Labute approximate surface area is 151 Å². The number of nitrogens with one attached hydrogen (secondary N) is 1. The van der Waals surface area contributed by atoms with E-state index in [4.69, 9.17) is 4.74 Å². The molecule has 0 atom stereocenters. The Kier molecular flexibility index (Phi) is 6.84. The van der Waals surface area contributed by atoms with Crippen molar-refractivity contribution in [2.24, 2.45) is 5.92 Å². The number of ether oxygens (including phenoxy) is 1. The maximum atomic E-state index is 12.4. The minimum atomic E-state index is 0.179. The van der Waals surface area contributed by atoms with Gasteiger partial charge in [-0.15, -0.1) is 0 Å². The van der Waals surface area contributed by atoms with Gasteiger partial charge < -0.3 is 10.1 Å². The van der Waals surface area contributed by atoms with E-state index in [1.165, 1.54) is 11.1 Å². The zero-order valence-corrected chi connectivity index (χ0v) is 15.4. The summed E-state index contributed by atoms with van der Waals surface area (Å²) in [5.74, 6) is 0.418. The number of amides is 1. The van der Waals surface area contributed by atoms with E-state index in [0.29, 0.717) is 0 Å². The third kappa shape index (κ3) is 5.80. The van der Waals surface area contributed by atoms with Gasteiger partial charge in [0.05, 0.1) is 13.2 Å². The number of hydrogen-bond donors (Lipinski definition) is 1. The second-order valence-electron chi connectivity index (χ2n) is 7.28. The number of aryl methyl sites for hydroxylation is 1. The van der Waals surface area contributed by atoms with Gasteiger partial charge in [-0.05, 0) is 38.4 Å². The smallest absolute Gasteiger partial charge is 0.223 e. The zero-order chi connectivity index (χ0) is 17.5. The first kappa shape index (κ1) is 18.4. The molecule has 2 aliphatic rings. The summed E-state index contributed by atoms with van der Waals surface area (Å²) in [4.78, 5) is 17.2. The van der Waals surface area contributed by atoms with Crippen LogP contribution in [0, 0.1) is 12.8 Å². The molecule has 0 spiro atoms. The molecule has 2 heterocycles. The van der Waals surface area contributed by atoms with Crippen molar-refractivity contribution in [3.8, 4) is 0 Å². The van der Waals surface area contributed by atoms with Gasteiger partial charge in [0, 0.05) is 38.6 Å². The highest BCUT2D eigenvalue weighted by molar-refractivity contribution is 5.78. The Bertz CT molecular complexity index is 550. The molecule has 25 heavy (non-hydrogen) atoms. The summed E-state index contributed by atoms with van der Waals surface area (Å²) in [6.07, 6.45) is 1.93. The highest BCUT2D eigenvalue weighted by Crippen LogP contribution is 2.19. The van der Waals surface area contributed by atoms with Crippen molar-refractivity contribution in [2.75, 3.05) is 52.5 Å². The molecule has 3 rings (SSSR count). The molecule has 0 unspecified atom stereocenters. The lowest BCUT2D eigenvalue weighted by Crippen LogP contribution is -2.44. The normalized spacial score (nSPS) is 20.5. The van der Waals surface area contributed by atoms with Gasteiger partial charge in [-0.1, -0.05) is 29.8 Å². The SMILES string of the molecule is Cc1cccc(CN2CCC(C(=O)NCCN3CCOCC3)CC2)c1. The minimum absolute atomic E-state index is 0.179. The topological polar surface area (TPSA) is 44.8 Å². The molecule has 0 aliphatic carbocycles. The van der Waals surface area contributed by atoms with Crippen molar-refractivity contribution in [3.05, 3.63) is 35.4 Å². The van der Waals surface area contributed by atoms with Crippen LogP contribution in [0.5, 0.6) is 0 Å². The van der Waals surface area contributed by atoms with Gasteiger partial charge in [0.1, 0.15) is 0 Å². The van der Waals surface area contributed by atoms with Crippen molar-refractivity contribution in [2.45, 2.75) is 26.3 Å². The number of carbonyl (C=O) groups is 1. The predicted molar refractivity (Wildman–Crippen MR) is 99.4 cm³/mol. The van der Waals surface area contributed by atoms with Gasteiger partial charge in [-0.25, -0.2) is 0 Å². The highest BCUT2D eigenvalue weighted by Gasteiger charge is 2.24. The number of morpholine rings is 1. The largest absolute Gasteiger partial charge is 0.379 e. The van der Waals surface area contributed by atoms with Crippen LogP contribution < -0.4 is 5.32 Å². The summed E-state index contributed by atoms with van der Waals surface area (Å²) < 4.78 is 5.35. The first-order chi connectivity index (χ1) is 12.2. The molecule has 1 amide bonds. The Morgan fingerprint density at radius 1 is 1.16 bits per heavy atom. The third-order valence-electron chi connectivity index (χ3n) is 5.28. The number of piperidine rings is 1. The van der Waals surface area contributed by atoms with Crippen LogP contribution in [-0.2, 0) is 16.1 Å². The fourth-order valence-electron chi connectivity index (χ4n) is 3.73. The lowest BCUT2D eigenvalue weighted by molar-refractivity contribution is -0.126. The zero-order valence-electron chi connectivity index (χ0n) is 15.4. The number of nitrogens with zero attached hydrogens (tertiary/aromatic N) is 2. The maximum absolute atomic E-state index is 12.4. The molecule has 0 radical (unpaired) electrons. The molecule has 138 valence electrons. The van der Waals surface area contributed by atoms with Gasteiger partial charge in [-0.3, -0.25) is 14.6 Å². The average molecular weight is 345 g/mol. The standard InChI is InChI=1S/C20H31N3O2/c1-17-3-2-4-18(15-17)16-23-8-5-19(6-9-23)20(24)21-7-10-22-11-13-25-14-12-22/h2-4,15,19H,5-14,16H2,1H3,(H,21,24). The summed E-state index contributed by atoms with van der Waals surface area (Å²) >= 11 is 0. The van der Waals surface area contributed by atoms with E-state index in [9.17, 15) is 4.79 Å². The van der Waals surface area contributed by atoms with E-state index < -0.39 is 0 Å². The summed E-state index contributed by atoms with van der Waals surface area (Å²) in [5, 5.41) is 3.13. The predicted octanol–water partition coefficient (Wildman–Crippen LogP) is 1.66. The summed E-state index contributed by atoms with van der Waals surface area (Å²) in [5.41, 5.74) is 2.68. The van der Waals surface area contributed by atoms with Crippen molar-refractivity contribution in [3.63, 3.8) is 0 Å². The molecular formula is C20H31N3O2. The number of likely N-dealkylation sites (tertiary alicyclic amines) is 1. The number of benzene rings is 1. The average Bonchev–Trinajstić information content (AvgIpc) is 2.63. The van der Waals surface area contributed by atoms with E-state index in [1.54, 1.807) is 0 Å². The molecular weight excluding hydrogens is 314 g/mol. The highest BCUT2D eigenvalue weighted by atomic mass is 16.5. The van der Waals surface area contributed by atoms with Crippen LogP contribution in [-0.4, -0.2) is 68.2 Å². The third-order valence-corrected chi connectivity index (χ3v) is 5.28. The van der Waals surface area contributed by atoms with Gasteiger partial charge in [0.25, 0.3) is 0 Å². The minimum Gasteiger partial charge on any atom is -0.379 e. The summed E-state index contributed by atoms with van der Waals surface area (Å²) in [6.45, 7) is 10.4. The summed E-state index contributed by atoms with van der Waals surface area (Å²) in [7, 11) is 0. The van der Waals surface area contributed by atoms with E-state index in [2.05, 4.69) is 46.3 Å². The van der Waals surface area contributed by atoms with Gasteiger partial charge in [0.15, 0.2) is 0 Å². The second-order valence-corrected chi connectivity index (χ2v) is 7.28. The fourth-order valence-corrected chi connectivity index (χ4v) is 3.73. The Hall–Kier alpha value is -1.43. The van der Waals surface area contributed by atoms with Crippen LogP contribution in [0.1, 0.15) is 24.0 Å². The van der Waals surface area contributed by atoms with Gasteiger partial charge in [-0.2, -0.15) is 0 Å². The van der Waals surface area contributed by atoms with E-state index in [-0.39, 0.29) is 11.8 Å². The van der Waals surface area contributed by atoms with E-state index in [1.807, 2.05) is 0 Å². The van der Waals surface area contributed by atoms with Crippen molar-refractivity contribution in [1.82, 2.24) is 15.1 Å². The molecule has 2 fully saturated rings. The first-order valence-corrected chi connectivity index (χ1v) is 9.56. The second kappa shape index (κ2) is 9.32. The van der Waals surface area contributed by atoms with Crippen LogP contribution in [0.15, 0.2) is 24.3 Å². The molecule has 5 heteroatoms. The molecule has 2 saturated heterocycles. The molecule has 0 bridgehead atoms. The number of rotatable bonds is 6. The molecule has 1 N–H and O–H groups in total. The van der Waals surface area contributed by atoms with Crippen molar-refractivity contribution < 1.29 is 9.53 Å². The Morgan fingerprint density at radius 2 is 1.92 bits per heavy atom. The molecule has 2 aliphatic heterocycles. The molecule has 1 aromatic carbocycles. The van der Waals surface area contributed by atoms with Crippen LogP contribution in [0.4, 0.5) is 0 Å². The molecule has 5 nitrogen and oxygen atoms in total. The fraction of sp³-hybridized carbons (Fsp3) is 0.650. The van der Waals surface area contributed by atoms with E-state index in [0.717, 1.165) is 71.9 Å². The first-order valence-electron chi connectivity index (χ1n) is 9.56. The lowest BCUT2D eigenvalue weighted by atomic mass is 9.95. The van der Waals surface area contributed by atoms with Gasteiger partial charge >= 0.3 is 0 Å². The summed E-state index contributed by atoms with van der Waals surface area (Å²) in [6, 6.07) is 8.71. The van der Waals surface area contributed by atoms with E-state index >= 15 is 0 Å². The molecule has 0 saturated carbocycles. The Balaban J connectivity index is 1.34. The van der Waals surface area contributed by atoms with Crippen LogP contribution in [0.25, 0.3) is 0 Å². The number of hydrogen-bond acceptors (Lipinski definition) is 4. The number of carbonyl (C=O) groups excluding carboxylic acids is 1. The van der Waals surface area contributed by atoms with Crippen molar-refractivity contribution in [1.29, 1.82) is 0 Å². The van der Waals surface area contributed by atoms with Crippen LogP contribution in [0.2, 0.25) is 0 Å². The Morgan fingerprint density at radius 3 is 2.64 bits per heavy atom. The van der Waals surface area contributed by atoms with Crippen LogP contribution in [0.3, 0.4) is 0 Å². The monoisotopic (exact) mass is 345 g/mol. The van der Waals surface area contributed by atoms with Crippen LogP contribution >= 0.6 is 0 Å². The van der Waals surface area contributed by atoms with Crippen molar-refractivity contribution >= 4 is 5.91 Å².